The molecule has 0 fully saturated rings. The summed E-state index contributed by atoms with van der Waals surface area (Å²) in [7, 11) is 0. The van der Waals surface area contributed by atoms with Gasteiger partial charge in [-0.15, -0.1) is 47.0 Å². The van der Waals surface area contributed by atoms with Crippen LogP contribution >= 0.6 is 0 Å². The number of nitrogens with zero attached hydrogens (tertiary/aromatic N) is 5. The van der Waals surface area contributed by atoms with Crippen molar-refractivity contribution in [3.8, 4) is 28.6 Å². The van der Waals surface area contributed by atoms with Crippen LogP contribution in [0.1, 0.15) is 32.0 Å². The van der Waals surface area contributed by atoms with Crippen molar-refractivity contribution in [2.75, 3.05) is 9.80 Å². The molecule has 264 valence electrons. The Labute approximate surface area is 324 Å². The van der Waals surface area contributed by atoms with Crippen LogP contribution in [-0.2, 0) is 33.0 Å². The van der Waals surface area contributed by atoms with Crippen molar-refractivity contribution < 1.29 is 25.8 Å². The number of benzene rings is 6. The first-order chi connectivity index (χ1) is 25.4. The first-order valence-electron chi connectivity index (χ1n) is 17.5. The van der Waals surface area contributed by atoms with Crippen molar-refractivity contribution in [1.29, 1.82) is 0 Å². The van der Waals surface area contributed by atoms with E-state index in [1.165, 1.54) is 5.56 Å². The molecule has 9 rings (SSSR count). The number of hydrogen-bond acceptors (Lipinski definition) is 5. The van der Waals surface area contributed by atoms with Gasteiger partial charge in [-0.05, 0) is 40.8 Å². The third-order valence-corrected chi connectivity index (χ3v) is 9.49. The van der Waals surface area contributed by atoms with Gasteiger partial charge < -0.3 is 19.1 Å². The van der Waals surface area contributed by atoms with Crippen LogP contribution in [0.2, 0.25) is 0 Å². The smallest absolute Gasteiger partial charge is 0.232 e. The van der Waals surface area contributed by atoms with Crippen LogP contribution in [0.25, 0.3) is 38.9 Å². The molecule has 6 nitrogen and oxygen atoms in total. The van der Waals surface area contributed by atoms with Crippen molar-refractivity contribution in [3.05, 3.63) is 176 Å². The first-order valence-corrected chi connectivity index (χ1v) is 17.5. The minimum absolute atomic E-state index is 0. The van der Waals surface area contributed by atoms with Crippen molar-refractivity contribution in [2.24, 2.45) is 0 Å². The second kappa shape index (κ2) is 14.0. The summed E-state index contributed by atoms with van der Waals surface area (Å²) in [5, 5.41) is 2.16. The van der Waals surface area contributed by atoms with Crippen LogP contribution in [0, 0.1) is 18.8 Å². The molecule has 0 aliphatic carbocycles. The molecule has 7 heteroatoms. The maximum absolute atomic E-state index is 6.70. The topological polar surface area (TPSA) is 46.4 Å². The average molecular weight is 870 g/mol. The molecule has 0 saturated carbocycles. The number of ether oxygens (including phenoxy) is 1. The van der Waals surface area contributed by atoms with Crippen molar-refractivity contribution in [3.63, 3.8) is 0 Å². The molecule has 8 aromatic rings. The summed E-state index contributed by atoms with van der Waals surface area (Å²) in [5.41, 5.74) is 9.16. The molecule has 53 heavy (non-hydrogen) atoms. The Kier molecular flexibility index (Phi) is 9.09. The Hall–Kier alpha value is -5.71. The van der Waals surface area contributed by atoms with E-state index < -0.39 is 0 Å². The summed E-state index contributed by atoms with van der Waals surface area (Å²) in [6.07, 6.45) is 1.84. The van der Waals surface area contributed by atoms with Gasteiger partial charge in [0.25, 0.3) is 0 Å². The number of fused-ring (bicyclic) bond motifs is 4. The zero-order chi connectivity index (χ0) is 35.2. The van der Waals surface area contributed by atoms with Gasteiger partial charge in [-0.25, -0.2) is 9.97 Å². The number of anilines is 3. The van der Waals surface area contributed by atoms with Crippen LogP contribution in [0.4, 0.5) is 17.1 Å². The van der Waals surface area contributed by atoms with Crippen LogP contribution in [0.15, 0.2) is 146 Å². The Morgan fingerprint density at radius 1 is 0.679 bits per heavy atom. The molecule has 0 atom stereocenters. The van der Waals surface area contributed by atoms with E-state index in [0.29, 0.717) is 17.4 Å². The molecular formula is C46H36N5OPt-3. The third-order valence-electron chi connectivity index (χ3n) is 9.49. The molecule has 1 aliphatic rings. The van der Waals surface area contributed by atoms with Crippen LogP contribution in [-0.4, -0.2) is 14.5 Å². The molecule has 0 bridgehead atoms. The molecule has 1 aliphatic heterocycles. The minimum Gasteiger partial charge on any atom is -0.509 e. The summed E-state index contributed by atoms with van der Waals surface area (Å²) in [6, 6.07) is 55.2. The third kappa shape index (κ3) is 6.60. The largest absolute Gasteiger partial charge is 0.509 e. The summed E-state index contributed by atoms with van der Waals surface area (Å²) in [6.45, 7) is 9.40. The Morgan fingerprint density at radius 3 is 2.19 bits per heavy atom. The van der Waals surface area contributed by atoms with Gasteiger partial charge in [-0.3, -0.25) is 0 Å². The molecule has 0 N–H and O–H groups in total. The monoisotopic (exact) mass is 869 g/mol. The maximum atomic E-state index is 6.70. The standard InChI is InChI=1S/C46H36N5O.Pt/c1-46(2,3)44-24-25-47-45(48-44)51-40-19-11-10-18-38(40)39-23-22-36(29-43(39)51)52-37-27-34(33-16-8-5-9-17-33)26-35(28-37)50-31-49(30-32-14-6-4-7-15-32)41-20-12-13-21-42(41)50;/h4-27,31H,30H2,1-3H3;/q-3;. The van der Waals surface area contributed by atoms with E-state index in [4.69, 9.17) is 14.7 Å². The van der Waals surface area contributed by atoms with E-state index in [9.17, 15) is 0 Å². The van der Waals surface area contributed by atoms with Gasteiger partial charge in [0.15, 0.2) is 0 Å². The fourth-order valence-corrected chi connectivity index (χ4v) is 6.92. The van der Waals surface area contributed by atoms with Gasteiger partial charge in [0.1, 0.15) is 0 Å². The van der Waals surface area contributed by atoms with Gasteiger partial charge in [-0.1, -0.05) is 117 Å². The SMILES string of the molecule is CC(C)(C)c1ccnc(-n2c3[c-]c(Oc4[c-]c(N5[CH-]N(Cc6ccccc6)c6ccccc65)cc(-c5ccccc5)c4)ccc3c3ccccc32)n1.[Pt]. The fraction of sp³-hybridized carbons (Fsp3) is 0.109. The predicted octanol–water partition coefficient (Wildman–Crippen LogP) is 11.2. The Morgan fingerprint density at radius 2 is 1.40 bits per heavy atom. The van der Waals surface area contributed by atoms with Gasteiger partial charge in [0.2, 0.25) is 5.95 Å². The van der Waals surface area contributed by atoms with Crippen molar-refractivity contribution in [1.82, 2.24) is 14.5 Å². The number of hydrogen-bond donors (Lipinski definition) is 0. The molecule has 0 spiro atoms. The van der Waals surface area contributed by atoms with Crippen LogP contribution < -0.4 is 14.5 Å². The van der Waals surface area contributed by atoms with E-state index in [0.717, 1.165) is 62.2 Å². The van der Waals surface area contributed by atoms with Crippen LogP contribution in [0.5, 0.6) is 11.5 Å². The van der Waals surface area contributed by atoms with E-state index in [1.807, 2.05) is 36.5 Å². The molecule has 0 radical (unpaired) electrons. The van der Waals surface area contributed by atoms with Crippen LogP contribution in [0.3, 0.4) is 0 Å². The molecule has 0 saturated heterocycles. The molecule has 6 aromatic carbocycles. The second-order valence-electron chi connectivity index (χ2n) is 14.1. The van der Waals surface area contributed by atoms with E-state index >= 15 is 0 Å². The molecular weight excluding hydrogens is 834 g/mol. The number of rotatable bonds is 7. The van der Waals surface area contributed by atoms with Crippen molar-refractivity contribution >= 4 is 38.9 Å². The fourth-order valence-electron chi connectivity index (χ4n) is 6.92. The van der Waals surface area contributed by atoms with E-state index in [1.54, 1.807) is 0 Å². The Bertz CT molecular complexity index is 2560. The predicted molar refractivity (Wildman–Crippen MR) is 210 cm³/mol. The summed E-state index contributed by atoms with van der Waals surface area (Å²) >= 11 is 0. The first kappa shape index (κ1) is 34.4. The normalized spacial score (nSPS) is 12.6. The average Bonchev–Trinajstić information content (AvgIpc) is 3.70. The van der Waals surface area contributed by atoms with E-state index in [-0.39, 0.29) is 26.5 Å². The van der Waals surface area contributed by atoms with E-state index in [2.05, 4.69) is 163 Å². The van der Waals surface area contributed by atoms with Gasteiger partial charge >= 0.3 is 0 Å². The minimum atomic E-state index is -0.127. The Balaban J connectivity index is 0.00000400. The van der Waals surface area contributed by atoms with Gasteiger partial charge in [-0.2, -0.15) is 12.7 Å². The summed E-state index contributed by atoms with van der Waals surface area (Å²) in [4.78, 5) is 14.2. The zero-order valence-corrected chi connectivity index (χ0v) is 31.9. The summed E-state index contributed by atoms with van der Waals surface area (Å²) in [5.74, 6) is 1.77. The number of para-hydroxylation sites is 3. The quantitative estimate of drug-likeness (QED) is 0.149. The summed E-state index contributed by atoms with van der Waals surface area (Å²) < 4.78 is 8.79. The molecule has 2 aromatic heterocycles. The molecule has 3 heterocycles. The molecule has 0 unspecified atom stereocenters. The second-order valence-corrected chi connectivity index (χ2v) is 14.1. The number of aromatic nitrogens is 3. The van der Waals surface area contributed by atoms with Gasteiger partial charge in [0.05, 0.1) is 5.69 Å². The maximum Gasteiger partial charge on any atom is 0.232 e. The molecule has 0 amide bonds. The van der Waals surface area contributed by atoms with Crippen molar-refractivity contribution in [2.45, 2.75) is 32.7 Å². The van der Waals surface area contributed by atoms with Gasteiger partial charge in [0, 0.05) is 67.6 Å². The zero-order valence-electron chi connectivity index (χ0n) is 29.6.